The summed E-state index contributed by atoms with van der Waals surface area (Å²) < 4.78 is 0. The van der Waals surface area contributed by atoms with E-state index in [-0.39, 0.29) is 6.42 Å². The van der Waals surface area contributed by atoms with Gasteiger partial charge in [0.15, 0.2) is 0 Å². The molecule has 0 aliphatic carbocycles. The Kier molecular flexibility index (Phi) is 13.8. The molecule has 0 aromatic carbocycles. The number of carboxylic acid groups (broad SMARTS) is 2. The van der Waals surface area contributed by atoms with Gasteiger partial charge in [0, 0.05) is 0 Å². The molecule has 0 radical (unpaired) electrons. The Balaban J connectivity index is 5.22. The molecule has 10 N–H and O–H groups in total. The molecule has 0 aromatic heterocycles. The third kappa shape index (κ3) is 10.5. The smallest absolute Gasteiger partial charge is 0.326 e. The Bertz CT molecular complexity index is 660. The van der Waals surface area contributed by atoms with E-state index in [0.717, 1.165) is 0 Å². The van der Waals surface area contributed by atoms with Crippen LogP contribution in [0.1, 0.15) is 46.0 Å². The number of rotatable bonds is 16. The van der Waals surface area contributed by atoms with Crippen molar-refractivity contribution in [3.8, 4) is 0 Å². The molecule has 0 heterocycles. The van der Waals surface area contributed by atoms with Crippen molar-refractivity contribution in [2.45, 2.75) is 70.1 Å². The average molecular weight is 462 g/mol. The summed E-state index contributed by atoms with van der Waals surface area (Å²) in [5.74, 6) is -5.86. The molecule has 0 aliphatic rings. The van der Waals surface area contributed by atoms with Gasteiger partial charge in [0.25, 0.3) is 0 Å². The van der Waals surface area contributed by atoms with Crippen molar-refractivity contribution in [2.75, 3.05) is 13.2 Å². The van der Waals surface area contributed by atoms with E-state index in [1.54, 1.807) is 13.8 Å². The Hall–Kier alpha value is -2.77. The van der Waals surface area contributed by atoms with E-state index >= 15 is 0 Å². The summed E-state index contributed by atoms with van der Waals surface area (Å²) in [6, 6.07) is -5.36. The predicted octanol–water partition coefficient (Wildman–Crippen LogP) is -2.51. The second-order valence-corrected chi connectivity index (χ2v) is 7.50. The molecule has 5 atom stereocenters. The van der Waals surface area contributed by atoms with Crippen LogP contribution in [0.3, 0.4) is 0 Å². The molecule has 0 aliphatic heterocycles. The van der Waals surface area contributed by atoms with E-state index in [1.807, 2.05) is 0 Å². The quantitative estimate of drug-likeness (QED) is 0.112. The van der Waals surface area contributed by atoms with Crippen molar-refractivity contribution in [1.29, 1.82) is 0 Å². The topological polar surface area (TPSA) is 234 Å². The standard InChI is InChI=1S/C19H35N5O8/c1-3-10(2)15(19(31)32)24-18(30)13(9-25)23-17(29)12(8-14(26)27)22-16(28)11(21)6-4-5-7-20/h10-13,15,25H,3-9,20-21H2,1-2H3,(H,22,28)(H,23,29)(H,24,30)(H,26,27)(H,31,32). The van der Waals surface area contributed by atoms with Crippen LogP contribution in [0.5, 0.6) is 0 Å². The minimum absolute atomic E-state index is 0.276. The van der Waals surface area contributed by atoms with E-state index in [0.29, 0.717) is 25.8 Å². The summed E-state index contributed by atoms with van der Waals surface area (Å²) in [6.45, 7) is 2.89. The van der Waals surface area contributed by atoms with Crippen molar-refractivity contribution in [1.82, 2.24) is 16.0 Å². The van der Waals surface area contributed by atoms with Gasteiger partial charge in [0.05, 0.1) is 19.1 Å². The third-order valence-corrected chi connectivity index (χ3v) is 4.91. The normalized spacial score (nSPS) is 15.5. The van der Waals surface area contributed by atoms with Crippen LogP contribution in [-0.2, 0) is 24.0 Å². The average Bonchev–Trinajstić information content (AvgIpc) is 2.73. The molecular weight excluding hydrogens is 426 g/mol. The Morgan fingerprint density at radius 1 is 0.906 bits per heavy atom. The molecule has 0 bridgehead atoms. The fourth-order valence-electron chi connectivity index (χ4n) is 2.71. The van der Waals surface area contributed by atoms with Gasteiger partial charge in [-0.3, -0.25) is 19.2 Å². The summed E-state index contributed by atoms with van der Waals surface area (Å²) in [5.41, 5.74) is 11.1. The van der Waals surface area contributed by atoms with Gasteiger partial charge >= 0.3 is 11.9 Å². The maximum Gasteiger partial charge on any atom is 0.326 e. The maximum absolute atomic E-state index is 12.5. The number of amides is 3. The van der Waals surface area contributed by atoms with E-state index in [2.05, 4.69) is 16.0 Å². The first kappa shape index (κ1) is 29.2. The van der Waals surface area contributed by atoms with Gasteiger partial charge in [-0.15, -0.1) is 0 Å². The largest absolute Gasteiger partial charge is 0.481 e. The Morgan fingerprint density at radius 2 is 1.47 bits per heavy atom. The van der Waals surface area contributed by atoms with Gasteiger partial charge in [-0.1, -0.05) is 26.7 Å². The summed E-state index contributed by atoms with van der Waals surface area (Å²) in [4.78, 5) is 59.6. The van der Waals surface area contributed by atoms with E-state index < -0.39 is 72.8 Å². The molecule has 5 unspecified atom stereocenters. The molecular formula is C19H35N5O8. The molecule has 0 saturated carbocycles. The van der Waals surface area contributed by atoms with Gasteiger partial charge < -0.3 is 42.7 Å². The summed E-state index contributed by atoms with van der Waals surface area (Å²) in [5, 5.41) is 34.4. The first-order valence-corrected chi connectivity index (χ1v) is 10.4. The lowest BCUT2D eigenvalue weighted by Gasteiger charge is -2.25. The molecule has 3 amide bonds. The number of carbonyl (C=O) groups excluding carboxylic acids is 3. The van der Waals surface area contributed by atoms with Crippen LogP contribution in [0, 0.1) is 5.92 Å². The fourth-order valence-corrected chi connectivity index (χ4v) is 2.71. The zero-order valence-electron chi connectivity index (χ0n) is 18.4. The van der Waals surface area contributed by atoms with Crippen LogP contribution < -0.4 is 27.4 Å². The zero-order chi connectivity index (χ0) is 24.8. The van der Waals surface area contributed by atoms with Crippen LogP contribution in [0.4, 0.5) is 0 Å². The molecule has 184 valence electrons. The minimum atomic E-state index is -1.56. The third-order valence-electron chi connectivity index (χ3n) is 4.91. The van der Waals surface area contributed by atoms with Crippen molar-refractivity contribution in [2.24, 2.45) is 17.4 Å². The summed E-state index contributed by atoms with van der Waals surface area (Å²) in [7, 11) is 0. The molecule has 13 nitrogen and oxygen atoms in total. The SMILES string of the molecule is CCC(C)C(NC(=O)C(CO)NC(=O)C(CC(=O)O)NC(=O)C(N)CCCCN)C(=O)O. The lowest BCUT2D eigenvalue weighted by atomic mass is 9.99. The number of aliphatic hydroxyl groups is 1. The molecule has 0 saturated heterocycles. The fraction of sp³-hybridized carbons (Fsp3) is 0.737. The molecule has 32 heavy (non-hydrogen) atoms. The first-order chi connectivity index (χ1) is 15.0. The van der Waals surface area contributed by atoms with Gasteiger partial charge in [-0.25, -0.2) is 4.79 Å². The van der Waals surface area contributed by atoms with Gasteiger partial charge in [-0.2, -0.15) is 0 Å². The number of aliphatic hydroxyl groups excluding tert-OH is 1. The number of carbonyl (C=O) groups is 5. The highest BCUT2D eigenvalue weighted by Gasteiger charge is 2.32. The van der Waals surface area contributed by atoms with E-state index in [1.165, 1.54) is 0 Å². The van der Waals surface area contributed by atoms with Gasteiger partial charge in [0.2, 0.25) is 17.7 Å². The lowest BCUT2D eigenvalue weighted by molar-refractivity contribution is -0.144. The number of nitrogens with two attached hydrogens (primary N) is 2. The second-order valence-electron chi connectivity index (χ2n) is 7.50. The number of unbranched alkanes of at least 4 members (excludes halogenated alkanes) is 1. The van der Waals surface area contributed by atoms with Crippen molar-refractivity contribution < 1.29 is 39.3 Å². The Morgan fingerprint density at radius 3 is 1.94 bits per heavy atom. The van der Waals surface area contributed by atoms with Gasteiger partial charge in [0.1, 0.15) is 18.1 Å². The molecule has 0 spiro atoms. The van der Waals surface area contributed by atoms with Crippen LogP contribution >= 0.6 is 0 Å². The zero-order valence-corrected chi connectivity index (χ0v) is 18.4. The minimum Gasteiger partial charge on any atom is -0.481 e. The van der Waals surface area contributed by atoms with Crippen LogP contribution in [0.2, 0.25) is 0 Å². The van der Waals surface area contributed by atoms with Crippen LogP contribution in [0.15, 0.2) is 0 Å². The van der Waals surface area contributed by atoms with Crippen LogP contribution in [-0.4, -0.2) is 82.3 Å². The highest BCUT2D eigenvalue weighted by molar-refractivity contribution is 5.95. The molecule has 0 fully saturated rings. The van der Waals surface area contributed by atoms with Gasteiger partial charge in [-0.05, 0) is 25.3 Å². The van der Waals surface area contributed by atoms with Crippen molar-refractivity contribution >= 4 is 29.7 Å². The number of hydrogen-bond donors (Lipinski definition) is 8. The lowest BCUT2D eigenvalue weighted by Crippen LogP contribution is -2.59. The van der Waals surface area contributed by atoms with Crippen molar-refractivity contribution in [3.63, 3.8) is 0 Å². The molecule has 13 heteroatoms. The number of aliphatic carboxylic acids is 2. The first-order valence-electron chi connectivity index (χ1n) is 10.4. The molecule has 0 aromatic rings. The summed E-state index contributed by atoms with van der Waals surface area (Å²) >= 11 is 0. The second kappa shape index (κ2) is 15.1. The maximum atomic E-state index is 12.5. The number of carboxylic acids is 2. The Labute approximate surface area is 186 Å². The number of nitrogens with one attached hydrogen (secondary N) is 3. The summed E-state index contributed by atoms with van der Waals surface area (Å²) in [6.07, 6.45) is 1.14. The van der Waals surface area contributed by atoms with Crippen LogP contribution in [0.25, 0.3) is 0 Å². The van der Waals surface area contributed by atoms with E-state index in [9.17, 15) is 34.2 Å². The number of hydrogen-bond acceptors (Lipinski definition) is 8. The highest BCUT2D eigenvalue weighted by Crippen LogP contribution is 2.08. The van der Waals surface area contributed by atoms with Crippen molar-refractivity contribution in [3.05, 3.63) is 0 Å². The predicted molar refractivity (Wildman–Crippen MR) is 113 cm³/mol. The highest BCUT2D eigenvalue weighted by atomic mass is 16.4. The van der Waals surface area contributed by atoms with E-state index in [4.69, 9.17) is 16.6 Å². The molecule has 0 rings (SSSR count). The monoisotopic (exact) mass is 461 g/mol.